The molecule has 0 bridgehead atoms. The van der Waals surface area contributed by atoms with Crippen molar-refractivity contribution in [3.05, 3.63) is 23.1 Å². The number of hydrogen-bond acceptors (Lipinski definition) is 2. The minimum absolute atomic E-state index is 0.174. The Labute approximate surface area is 84.1 Å². The quantitative estimate of drug-likeness (QED) is 0.586. The van der Waals surface area contributed by atoms with E-state index in [4.69, 9.17) is 5.73 Å². The van der Waals surface area contributed by atoms with Crippen molar-refractivity contribution in [3.63, 3.8) is 0 Å². The van der Waals surface area contributed by atoms with E-state index in [0.717, 1.165) is 6.07 Å². The van der Waals surface area contributed by atoms with Crippen LogP contribution in [0.2, 0.25) is 0 Å². The summed E-state index contributed by atoms with van der Waals surface area (Å²) < 4.78 is 50.5. The molecule has 1 aromatic heterocycles. The second kappa shape index (κ2) is 3.67. The molecule has 1 rings (SSSR count). The zero-order valence-electron chi connectivity index (χ0n) is 8.19. The average molecular weight is 222 g/mol. The molecule has 0 spiro atoms. The van der Waals surface area contributed by atoms with E-state index in [1.165, 1.54) is 13.8 Å². The van der Waals surface area contributed by atoms with Crippen molar-refractivity contribution in [2.45, 2.75) is 25.9 Å². The number of hydrogen-bond donors (Lipinski definition) is 1. The van der Waals surface area contributed by atoms with Crippen molar-refractivity contribution in [3.8, 4) is 0 Å². The maximum absolute atomic E-state index is 13.1. The van der Waals surface area contributed by atoms with E-state index in [1.807, 2.05) is 0 Å². The third-order valence-electron chi connectivity index (χ3n) is 1.93. The van der Waals surface area contributed by atoms with Gasteiger partial charge in [-0.2, -0.15) is 17.6 Å². The Bertz CT molecular complexity index is 371. The fraction of sp³-hybridized carbons (Fsp3) is 0.444. The van der Waals surface area contributed by atoms with E-state index >= 15 is 0 Å². The predicted molar refractivity (Wildman–Crippen MR) is 47.7 cm³/mol. The van der Waals surface area contributed by atoms with Crippen molar-refractivity contribution in [1.82, 2.24) is 4.98 Å². The maximum atomic E-state index is 13.1. The molecule has 0 radical (unpaired) electrons. The number of anilines is 1. The molecule has 0 aromatic carbocycles. The first-order valence-electron chi connectivity index (χ1n) is 4.26. The smallest absolute Gasteiger partial charge is 0.384 e. The number of pyridine rings is 1. The van der Waals surface area contributed by atoms with Crippen molar-refractivity contribution in [2.75, 3.05) is 5.73 Å². The average Bonchev–Trinajstić information content (AvgIpc) is 1.99. The predicted octanol–water partition coefficient (Wildman–Crippen LogP) is 2.95. The lowest BCUT2D eigenvalue weighted by Crippen LogP contribution is -2.15. The Morgan fingerprint density at radius 1 is 1.33 bits per heavy atom. The highest BCUT2D eigenvalue weighted by molar-refractivity contribution is 5.40. The molecule has 0 unspecified atom stereocenters. The van der Waals surface area contributed by atoms with Crippen LogP contribution in [0.15, 0.2) is 6.07 Å². The van der Waals surface area contributed by atoms with Gasteiger partial charge in [0.1, 0.15) is 11.4 Å². The fourth-order valence-electron chi connectivity index (χ4n) is 1.29. The fourth-order valence-corrected chi connectivity index (χ4v) is 1.29. The topological polar surface area (TPSA) is 38.9 Å². The normalized spacial score (nSPS) is 12.2. The summed E-state index contributed by atoms with van der Waals surface area (Å²) in [6.45, 7) is 3.06. The number of nitrogens with zero attached hydrogens (tertiary/aromatic N) is 1. The third kappa shape index (κ3) is 2.37. The summed E-state index contributed by atoms with van der Waals surface area (Å²) in [5.41, 5.74) is 3.69. The van der Waals surface area contributed by atoms with E-state index in [1.54, 1.807) is 0 Å². The van der Waals surface area contributed by atoms with Crippen LogP contribution < -0.4 is 5.73 Å². The van der Waals surface area contributed by atoms with Gasteiger partial charge in [-0.05, 0) is 17.5 Å². The van der Waals surface area contributed by atoms with Gasteiger partial charge in [-0.25, -0.2) is 4.98 Å². The molecule has 6 heteroatoms. The second-order valence-electron chi connectivity index (χ2n) is 3.45. The first kappa shape index (κ1) is 11.7. The van der Waals surface area contributed by atoms with Crippen molar-refractivity contribution < 1.29 is 17.6 Å². The molecular formula is C9H10F4N2. The summed E-state index contributed by atoms with van der Waals surface area (Å²) in [5, 5.41) is 0. The molecule has 1 heterocycles. The van der Waals surface area contributed by atoms with E-state index in [0.29, 0.717) is 0 Å². The van der Waals surface area contributed by atoms with Crippen LogP contribution in [0.4, 0.5) is 23.4 Å². The Kier molecular flexibility index (Phi) is 2.88. The van der Waals surface area contributed by atoms with Gasteiger partial charge in [0.05, 0.1) is 0 Å². The van der Waals surface area contributed by atoms with Crippen LogP contribution in [0.1, 0.15) is 30.9 Å². The molecule has 84 valence electrons. The Hall–Kier alpha value is -1.33. The van der Waals surface area contributed by atoms with Gasteiger partial charge in [-0.15, -0.1) is 0 Å². The molecule has 15 heavy (non-hydrogen) atoms. The Morgan fingerprint density at radius 3 is 2.27 bits per heavy atom. The molecule has 0 saturated carbocycles. The number of rotatable bonds is 1. The van der Waals surface area contributed by atoms with E-state index in [-0.39, 0.29) is 11.4 Å². The first-order chi connectivity index (χ1) is 6.73. The number of aromatic nitrogens is 1. The van der Waals surface area contributed by atoms with Gasteiger partial charge >= 0.3 is 6.18 Å². The van der Waals surface area contributed by atoms with Crippen LogP contribution in [-0.2, 0) is 6.18 Å². The van der Waals surface area contributed by atoms with Gasteiger partial charge in [-0.3, -0.25) is 0 Å². The molecule has 0 fully saturated rings. The van der Waals surface area contributed by atoms with Gasteiger partial charge in [0.25, 0.3) is 0 Å². The van der Waals surface area contributed by atoms with Gasteiger partial charge in [-0.1, -0.05) is 13.8 Å². The highest BCUT2D eigenvalue weighted by Gasteiger charge is 2.38. The van der Waals surface area contributed by atoms with Crippen LogP contribution in [0.5, 0.6) is 0 Å². The minimum atomic E-state index is -4.75. The van der Waals surface area contributed by atoms with E-state index in [9.17, 15) is 17.6 Å². The van der Waals surface area contributed by atoms with Crippen LogP contribution in [-0.4, -0.2) is 4.98 Å². The highest BCUT2D eigenvalue weighted by atomic mass is 19.4. The maximum Gasteiger partial charge on any atom is 0.421 e. The van der Waals surface area contributed by atoms with E-state index in [2.05, 4.69) is 4.98 Å². The Balaban J connectivity index is 3.48. The largest absolute Gasteiger partial charge is 0.421 e. The minimum Gasteiger partial charge on any atom is -0.384 e. The molecule has 0 aliphatic heterocycles. The van der Waals surface area contributed by atoms with Crippen molar-refractivity contribution >= 4 is 5.82 Å². The molecule has 0 aliphatic carbocycles. The zero-order valence-corrected chi connectivity index (χ0v) is 8.19. The summed E-state index contributed by atoms with van der Waals surface area (Å²) in [6.07, 6.45) is -4.75. The van der Waals surface area contributed by atoms with Crippen LogP contribution in [0.25, 0.3) is 0 Å². The van der Waals surface area contributed by atoms with Gasteiger partial charge in [0.15, 0.2) is 0 Å². The van der Waals surface area contributed by atoms with E-state index < -0.39 is 23.6 Å². The molecule has 2 N–H and O–H groups in total. The summed E-state index contributed by atoms with van der Waals surface area (Å²) in [7, 11) is 0. The first-order valence-corrected chi connectivity index (χ1v) is 4.26. The lowest BCUT2D eigenvalue weighted by atomic mass is 9.98. The van der Waals surface area contributed by atoms with Crippen molar-refractivity contribution in [2.24, 2.45) is 0 Å². The van der Waals surface area contributed by atoms with Crippen LogP contribution in [0, 0.1) is 5.95 Å². The van der Waals surface area contributed by atoms with Gasteiger partial charge in [0.2, 0.25) is 5.95 Å². The van der Waals surface area contributed by atoms with Gasteiger partial charge in [0, 0.05) is 0 Å². The molecule has 0 aliphatic rings. The molecule has 2 nitrogen and oxygen atoms in total. The number of halogens is 4. The SMILES string of the molecule is CC(C)c1cc(N)nc(F)c1C(F)(F)F. The molecule has 0 amide bonds. The zero-order chi connectivity index (χ0) is 11.8. The van der Waals surface area contributed by atoms with Gasteiger partial charge < -0.3 is 5.73 Å². The second-order valence-corrected chi connectivity index (χ2v) is 3.45. The monoisotopic (exact) mass is 222 g/mol. The summed E-state index contributed by atoms with van der Waals surface area (Å²) >= 11 is 0. The number of alkyl halides is 3. The molecule has 0 atom stereocenters. The number of nitrogen functional groups attached to an aromatic ring is 1. The summed E-state index contributed by atoms with van der Waals surface area (Å²) in [6, 6.07) is 1.05. The van der Waals surface area contributed by atoms with Crippen molar-refractivity contribution in [1.29, 1.82) is 0 Å². The summed E-state index contributed by atoms with van der Waals surface area (Å²) in [4.78, 5) is 2.97. The Morgan fingerprint density at radius 2 is 1.87 bits per heavy atom. The van der Waals surface area contributed by atoms with Crippen LogP contribution >= 0.6 is 0 Å². The third-order valence-corrected chi connectivity index (χ3v) is 1.93. The molecule has 0 saturated heterocycles. The van der Waals surface area contributed by atoms with Crippen LogP contribution in [0.3, 0.4) is 0 Å². The highest BCUT2D eigenvalue weighted by Crippen LogP contribution is 2.36. The summed E-state index contributed by atoms with van der Waals surface area (Å²) in [5.74, 6) is -2.28. The standard InChI is InChI=1S/C9H10F4N2/c1-4(2)5-3-6(14)15-8(10)7(5)9(11,12)13/h3-4H,1-2H3,(H2,14,15). The lowest BCUT2D eigenvalue weighted by molar-refractivity contribution is -0.141. The molecular weight excluding hydrogens is 212 g/mol. The lowest BCUT2D eigenvalue weighted by Gasteiger charge is -2.16. The number of nitrogens with two attached hydrogens (primary N) is 1. The molecule has 1 aromatic rings.